The van der Waals surface area contributed by atoms with E-state index in [1.807, 2.05) is 6.92 Å². The minimum atomic E-state index is -0.341. The van der Waals surface area contributed by atoms with Gasteiger partial charge in [-0.05, 0) is 12.8 Å². The summed E-state index contributed by atoms with van der Waals surface area (Å²) in [6.45, 7) is 2.52. The molecule has 0 aromatic heterocycles. The Kier molecular flexibility index (Phi) is 7.62. The molecule has 5 N–H and O–H groups in total. The highest BCUT2D eigenvalue weighted by Crippen LogP contribution is 1.97. The van der Waals surface area contributed by atoms with Gasteiger partial charge in [-0.3, -0.25) is 9.59 Å². The number of carbonyl (C=O) groups is 2. The number of nitrogens with one attached hydrogen (secondary N) is 1. The Morgan fingerprint density at radius 2 is 2.07 bits per heavy atom. The van der Waals surface area contributed by atoms with E-state index in [1.54, 1.807) is 0 Å². The van der Waals surface area contributed by atoms with Gasteiger partial charge < -0.3 is 16.8 Å². The maximum absolute atomic E-state index is 11.3. The van der Waals surface area contributed by atoms with E-state index in [2.05, 4.69) is 5.32 Å². The summed E-state index contributed by atoms with van der Waals surface area (Å²) in [6, 6.07) is -0.0638. The van der Waals surface area contributed by atoms with Crippen molar-refractivity contribution >= 4 is 11.8 Å². The Labute approximate surface area is 90.6 Å². The molecule has 88 valence electrons. The van der Waals surface area contributed by atoms with E-state index >= 15 is 0 Å². The normalized spacial score (nSPS) is 12.1. The summed E-state index contributed by atoms with van der Waals surface area (Å²) in [6.07, 6.45) is 3.08. The van der Waals surface area contributed by atoms with E-state index in [0.29, 0.717) is 25.8 Å². The van der Waals surface area contributed by atoms with Crippen molar-refractivity contribution in [3.05, 3.63) is 0 Å². The van der Waals surface area contributed by atoms with E-state index in [1.165, 1.54) is 0 Å². The van der Waals surface area contributed by atoms with Gasteiger partial charge in [-0.1, -0.05) is 13.3 Å². The maximum atomic E-state index is 11.3. The standard InChI is InChI=1S/C10H21N3O2/c1-2-4-8(11)7-10(15)13-6-3-5-9(12)14/h8H,2-7,11H2,1H3,(H2,12,14)(H,13,15). The lowest BCUT2D eigenvalue weighted by Crippen LogP contribution is -2.32. The smallest absolute Gasteiger partial charge is 0.221 e. The molecule has 0 spiro atoms. The monoisotopic (exact) mass is 215 g/mol. The summed E-state index contributed by atoms with van der Waals surface area (Å²) in [5, 5.41) is 2.70. The molecule has 0 saturated heterocycles. The molecule has 0 rings (SSSR count). The molecule has 0 aliphatic carbocycles. The van der Waals surface area contributed by atoms with Gasteiger partial charge >= 0.3 is 0 Å². The van der Waals surface area contributed by atoms with Crippen LogP contribution in [0.5, 0.6) is 0 Å². The van der Waals surface area contributed by atoms with Crippen molar-refractivity contribution in [1.29, 1.82) is 0 Å². The molecule has 1 atom stereocenters. The van der Waals surface area contributed by atoms with Crippen LogP contribution in [0, 0.1) is 0 Å². The van der Waals surface area contributed by atoms with Gasteiger partial charge in [0.05, 0.1) is 0 Å². The molecular formula is C10H21N3O2. The third-order valence-corrected chi connectivity index (χ3v) is 2.03. The maximum Gasteiger partial charge on any atom is 0.221 e. The molecular weight excluding hydrogens is 194 g/mol. The second-order valence-corrected chi connectivity index (χ2v) is 3.67. The number of primary amides is 1. The van der Waals surface area contributed by atoms with Crippen molar-refractivity contribution in [2.24, 2.45) is 11.5 Å². The van der Waals surface area contributed by atoms with Crippen molar-refractivity contribution in [2.75, 3.05) is 6.54 Å². The molecule has 5 heteroatoms. The van der Waals surface area contributed by atoms with E-state index < -0.39 is 0 Å². The summed E-state index contributed by atoms with van der Waals surface area (Å²) in [4.78, 5) is 21.7. The van der Waals surface area contributed by atoms with Crippen LogP contribution in [0.4, 0.5) is 0 Å². The van der Waals surface area contributed by atoms with Crippen molar-refractivity contribution in [3.8, 4) is 0 Å². The van der Waals surface area contributed by atoms with E-state index in [4.69, 9.17) is 11.5 Å². The molecule has 2 amide bonds. The van der Waals surface area contributed by atoms with Gasteiger partial charge in [0.15, 0.2) is 0 Å². The van der Waals surface area contributed by atoms with Gasteiger partial charge in [0.25, 0.3) is 0 Å². The Balaban J connectivity index is 3.44. The molecule has 5 nitrogen and oxygen atoms in total. The second-order valence-electron chi connectivity index (χ2n) is 3.67. The Hall–Kier alpha value is -1.10. The fraction of sp³-hybridized carbons (Fsp3) is 0.800. The predicted molar refractivity (Wildman–Crippen MR) is 58.9 cm³/mol. The van der Waals surface area contributed by atoms with Crippen molar-refractivity contribution in [2.45, 2.75) is 45.1 Å². The highest BCUT2D eigenvalue weighted by Gasteiger charge is 2.07. The van der Waals surface area contributed by atoms with Gasteiger partial charge in [0, 0.05) is 25.4 Å². The lowest BCUT2D eigenvalue weighted by Gasteiger charge is -2.10. The highest BCUT2D eigenvalue weighted by molar-refractivity contribution is 5.76. The topological polar surface area (TPSA) is 98.2 Å². The van der Waals surface area contributed by atoms with Crippen molar-refractivity contribution in [1.82, 2.24) is 5.32 Å². The number of hydrogen-bond donors (Lipinski definition) is 3. The van der Waals surface area contributed by atoms with Gasteiger partial charge in [-0.25, -0.2) is 0 Å². The van der Waals surface area contributed by atoms with Gasteiger partial charge in [0.2, 0.25) is 11.8 Å². The summed E-state index contributed by atoms with van der Waals surface area (Å²) < 4.78 is 0. The molecule has 0 bridgehead atoms. The average molecular weight is 215 g/mol. The molecule has 1 unspecified atom stereocenters. The first kappa shape index (κ1) is 13.9. The SMILES string of the molecule is CCCC(N)CC(=O)NCCCC(N)=O. The van der Waals surface area contributed by atoms with Crippen LogP contribution in [-0.2, 0) is 9.59 Å². The van der Waals surface area contributed by atoms with Crippen LogP contribution in [0.1, 0.15) is 39.0 Å². The van der Waals surface area contributed by atoms with Crippen molar-refractivity contribution in [3.63, 3.8) is 0 Å². The first-order chi connectivity index (χ1) is 7.06. The number of amides is 2. The quantitative estimate of drug-likeness (QED) is 0.492. The van der Waals surface area contributed by atoms with Gasteiger partial charge in [0.1, 0.15) is 0 Å². The third-order valence-electron chi connectivity index (χ3n) is 2.03. The summed E-state index contributed by atoms with van der Waals surface area (Å²) >= 11 is 0. The third kappa shape index (κ3) is 9.21. The van der Waals surface area contributed by atoms with Crippen LogP contribution in [-0.4, -0.2) is 24.4 Å². The van der Waals surface area contributed by atoms with Gasteiger partial charge in [-0.15, -0.1) is 0 Å². The summed E-state index contributed by atoms with van der Waals surface area (Å²) in [5.74, 6) is -0.396. The van der Waals surface area contributed by atoms with E-state index in [0.717, 1.165) is 12.8 Å². The number of rotatable bonds is 8. The van der Waals surface area contributed by atoms with Crippen LogP contribution >= 0.6 is 0 Å². The van der Waals surface area contributed by atoms with Crippen LogP contribution in [0.25, 0.3) is 0 Å². The lowest BCUT2D eigenvalue weighted by atomic mass is 10.1. The fourth-order valence-electron chi connectivity index (χ4n) is 1.27. The lowest BCUT2D eigenvalue weighted by molar-refractivity contribution is -0.122. The van der Waals surface area contributed by atoms with Crippen LogP contribution in [0.2, 0.25) is 0 Å². The van der Waals surface area contributed by atoms with Crippen LogP contribution in [0.3, 0.4) is 0 Å². The van der Waals surface area contributed by atoms with Crippen LogP contribution in [0.15, 0.2) is 0 Å². The largest absolute Gasteiger partial charge is 0.370 e. The number of hydrogen-bond acceptors (Lipinski definition) is 3. The Morgan fingerprint density at radius 3 is 2.60 bits per heavy atom. The highest BCUT2D eigenvalue weighted by atomic mass is 16.2. The van der Waals surface area contributed by atoms with Gasteiger partial charge in [-0.2, -0.15) is 0 Å². The molecule has 0 heterocycles. The number of carbonyl (C=O) groups excluding carboxylic acids is 2. The minimum absolute atomic E-state index is 0.0552. The van der Waals surface area contributed by atoms with E-state index in [9.17, 15) is 9.59 Å². The molecule has 0 aromatic rings. The fourth-order valence-corrected chi connectivity index (χ4v) is 1.27. The zero-order valence-corrected chi connectivity index (χ0v) is 9.29. The zero-order chi connectivity index (χ0) is 11.7. The zero-order valence-electron chi connectivity index (χ0n) is 9.29. The molecule has 15 heavy (non-hydrogen) atoms. The Bertz CT molecular complexity index is 207. The molecule has 0 aromatic carbocycles. The van der Waals surface area contributed by atoms with E-state index in [-0.39, 0.29) is 17.9 Å². The molecule has 0 fully saturated rings. The Morgan fingerprint density at radius 1 is 1.40 bits per heavy atom. The molecule has 0 aliphatic heterocycles. The van der Waals surface area contributed by atoms with Crippen LogP contribution < -0.4 is 16.8 Å². The first-order valence-electron chi connectivity index (χ1n) is 5.36. The summed E-state index contributed by atoms with van der Waals surface area (Å²) in [5.41, 5.74) is 10.7. The minimum Gasteiger partial charge on any atom is -0.370 e. The molecule has 0 saturated carbocycles. The molecule has 0 aliphatic rings. The predicted octanol–water partition coefficient (Wildman–Crippen LogP) is -0.114. The number of nitrogens with two attached hydrogens (primary N) is 2. The first-order valence-corrected chi connectivity index (χ1v) is 5.36. The molecule has 0 radical (unpaired) electrons. The average Bonchev–Trinajstić information content (AvgIpc) is 2.12. The summed E-state index contributed by atoms with van der Waals surface area (Å²) in [7, 11) is 0. The second kappa shape index (κ2) is 8.23. The van der Waals surface area contributed by atoms with Crippen molar-refractivity contribution < 1.29 is 9.59 Å².